The molecular weight excluding hydrogens is 406 g/mol. The van der Waals surface area contributed by atoms with Gasteiger partial charge in [0, 0.05) is 35.7 Å². The summed E-state index contributed by atoms with van der Waals surface area (Å²) in [5.74, 6) is -0.463. The first-order chi connectivity index (χ1) is 15.9. The molecule has 0 saturated carbocycles. The molecule has 0 aromatic heterocycles. The number of nitrogens with one attached hydrogen (secondary N) is 1. The first kappa shape index (κ1) is 21.4. The van der Waals surface area contributed by atoms with E-state index in [1.807, 2.05) is 72.8 Å². The topological polar surface area (TPSA) is 46.2 Å². The maximum Gasteiger partial charge on any atom is 0.161 e. The van der Waals surface area contributed by atoms with Gasteiger partial charge in [-0.2, -0.15) is 0 Å². The summed E-state index contributed by atoms with van der Waals surface area (Å²) >= 11 is 0. The second-order valence-electron chi connectivity index (χ2n) is 10.0. The van der Waals surface area contributed by atoms with E-state index in [1.54, 1.807) is 0 Å². The van der Waals surface area contributed by atoms with Crippen LogP contribution in [0.1, 0.15) is 55.2 Å². The van der Waals surface area contributed by atoms with Gasteiger partial charge >= 0.3 is 0 Å². The maximum absolute atomic E-state index is 14.0. The van der Waals surface area contributed by atoms with Crippen molar-refractivity contribution in [2.75, 3.05) is 5.32 Å². The summed E-state index contributed by atoms with van der Waals surface area (Å²) in [5, 5.41) is 3.60. The van der Waals surface area contributed by atoms with Gasteiger partial charge in [-0.3, -0.25) is 9.59 Å². The molecule has 0 bridgehead atoms. The molecule has 2 unspecified atom stereocenters. The zero-order valence-electron chi connectivity index (χ0n) is 19.2. The fourth-order valence-corrected chi connectivity index (χ4v) is 5.48. The van der Waals surface area contributed by atoms with Gasteiger partial charge in [-0.15, -0.1) is 0 Å². The Kier molecular flexibility index (Phi) is 5.49. The summed E-state index contributed by atoms with van der Waals surface area (Å²) in [4.78, 5) is 27.7. The van der Waals surface area contributed by atoms with E-state index in [1.165, 1.54) is 0 Å². The molecule has 3 aromatic carbocycles. The lowest BCUT2D eigenvalue weighted by Crippen LogP contribution is -2.32. The highest BCUT2D eigenvalue weighted by Crippen LogP contribution is 2.51. The standard InChI is InChI=1S/C30H29NO2/c1-30(2)18-24-29(26(33)19-30)27(21-13-7-4-8-14-21)28(22-15-9-10-16-23(22)31-24)25(32)17-20-11-5-3-6-12-20/h3-16,27-28,31H,17-19H2,1-2H3. The fraction of sp³-hybridized carbons (Fsp3) is 0.267. The number of rotatable bonds is 4. The molecule has 0 fully saturated rings. The number of ketones is 2. The lowest BCUT2D eigenvalue weighted by molar-refractivity contribution is -0.120. The summed E-state index contributed by atoms with van der Waals surface area (Å²) in [5.41, 5.74) is 5.54. The van der Waals surface area contributed by atoms with Crippen molar-refractivity contribution in [2.45, 2.75) is 44.9 Å². The molecule has 2 atom stereocenters. The van der Waals surface area contributed by atoms with E-state index in [9.17, 15) is 9.59 Å². The van der Waals surface area contributed by atoms with Crippen molar-refractivity contribution in [3.05, 3.63) is 113 Å². The third-order valence-corrected chi connectivity index (χ3v) is 6.87. The molecular formula is C30H29NO2. The van der Waals surface area contributed by atoms with Crippen LogP contribution >= 0.6 is 0 Å². The monoisotopic (exact) mass is 435 g/mol. The number of anilines is 1. The van der Waals surface area contributed by atoms with Crippen LogP contribution in [0.3, 0.4) is 0 Å². The van der Waals surface area contributed by atoms with E-state index in [4.69, 9.17) is 0 Å². The van der Waals surface area contributed by atoms with E-state index in [0.717, 1.165) is 40.1 Å². The minimum absolute atomic E-state index is 0.118. The molecule has 0 radical (unpaired) electrons. The zero-order chi connectivity index (χ0) is 23.0. The third-order valence-electron chi connectivity index (χ3n) is 6.87. The Morgan fingerprint density at radius 3 is 2.24 bits per heavy atom. The van der Waals surface area contributed by atoms with E-state index in [2.05, 4.69) is 31.3 Å². The highest BCUT2D eigenvalue weighted by atomic mass is 16.1. The van der Waals surface area contributed by atoms with Crippen molar-refractivity contribution in [1.29, 1.82) is 0 Å². The zero-order valence-corrected chi connectivity index (χ0v) is 19.2. The summed E-state index contributed by atoms with van der Waals surface area (Å²) < 4.78 is 0. The normalized spacial score (nSPS) is 21.5. The van der Waals surface area contributed by atoms with Crippen LogP contribution in [0.5, 0.6) is 0 Å². The third kappa shape index (κ3) is 4.16. The van der Waals surface area contributed by atoms with Gasteiger partial charge in [0.15, 0.2) is 5.78 Å². The van der Waals surface area contributed by atoms with Gasteiger partial charge in [-0.05, 0) is 34.6 Å². The molecule has 166 valence electrons. The van der Waals surface area contributed by atoms with Crippen molar-refractivity contribution in [2.24, 2.45) is 5.41 Å². The number of hydrogen-bond donors (Lipinski definition) is 1. The molecule has 0 spiro atoms. The molecule has 1 aliphatic carbocycles. The molecule has 0 saturated heterocycles. The molecule has 3 nitrogen and oxygen atoms in total. The van der Waals surface area contributed by atoms with Gasteiger partial charge in [0.2, 0.25) is 0 Å². The largest absolute Gasteiger partial charge is 0.358 e. The predicted octanol–water partition coefficient (Wildman–Crippen LogP) is 6.43. The highest BCUT2D eigenvalue weighted by molar-refractivity contribution is 6.03. The summed E-state index contributed by atoms with van der Waals surface area (Å²) in [6, 6.07) is 28.0. The predicted molar refractivity (Wildman–Crippen MR) is 132 cm³/mol. The van der Waals surface area contributed by atoms with Gasteiger partial charge in [0.05, 0.1) is 5.92 Å². The smallest absolute Gasteiger partial charge is 0.161 e. The van der Waals surface area contributed by atoms with Gasteiger partial charge in [0.1, 0.15) is 5.78 Å². The van der Waals surface area contributed by atoms with E-state index < -0.39 is 5.92 Å². The number of carbonyl (C=O) groups excluding carboxylic acids is 2. The number of para-hydroxylation sites is 1. The Hall–Kier alpha value is -3.46. The summed E-state index contributed by atoms with van der Waals surface area (Å²) in [6.07, 6.45) is 1.61. The van der Waals surface area contributed by atoms with Crippen molar-refractivity contribution in [1.82, 2.24) is 0 Å². The second kappa shape index (κ2) is 8.47. The number of Topliss-reactive ketones (excluding diaryl/α,β-unsaturated/α-hetero) is 2. The van der Waals surface area contributed by atoms with Gasteiger partial charge < -0.3 is 5.32 Å². The summed E-state index contributed by atoms with van der Waals surface area (Å²) in [6.45, 7) is 4.28. The number of fused-ring (bicyclic) bond motifs is 1. The van der Waals surface area contributed by atoms with Crippen molar-refractivity contribution in [3.63, 3.8) is 0 Å². The average molecular weight is 436 g/mol. The van der Waals surface area contributed by atoms with Crippen molar-refractivity contribution < 1.29 is 9.59 Å². The van der Waals surface area contributed by atoms with Crippen LogP contribution in [0, 0.1) is 5.41 Å². The number of carbonyl (C=O) groups is 2. The minimum atomic E-state index is -0.436. The van der Waals surface area contributed by atoms with E-state index >= 15 is 0 Å². The van der Waals surface area contributed by atoms with E-state index in [0.29, 0.717) is 12.8 Å². The molecule has 33 heavy (non-hydrogen) atoms. The summed E-state index contributed by atoms with van der Waals surface area (Å²) in [7, 11) is 0. The Morgan fingerprint density at radius 1 is 0.879 bits per heavy atom. The Labute approximate surface area is 195 Å². The number of allylic oxidation sites excluding steroid dienone is 2. The molecule has 5 rings (SSSR count). The lowest BCUT2D eigenvalue weighted by atomic mass is 9.67. The van der Waals surface area contributed by atoms with Crippen LogP contribution in [-0.2, 0) is 16.0 Å². The first-order valence-electron chi connectivity index (χ1n) is 11.7. The van der Waals surface area contributed by atoms with Gasteiger partial charge in [-0.25, -0.2) is 0 Å². The quantitative estimate of drug-likeness (QED) is 0.513. The SMILES string of the molecule is CC1(C)CC(=O)C2=C(C1)Nc1ccccc1C(C(=O)Cc1ccccc1)C2c1ccccc1. The van der Waals surface area contributed by atoms with Crippen LogP contribution < -0.4 is 5.32 Å². The van der Waals surface area contributed by atoms with Crippen LogP contribution in [0.15, 0.2) is 96.2 Å². The van der Waals surface area contributed by atoms with Crippen LogP contribution in [0.4, 0.5) is 5.69 Å². The van der Waals surface area contributed by atoms with Crippen LogP contribution in [0.2, 0.25) is 0 Å². The highest BCUT2D eigenvalue weighted by Gasteiger charge is 2.44. The van der Waals surface area contributed by atoms with Crippen molar-refractivity contribution >= 4 is 17.3 Å². The molecule has 0 amide bonds. The fourth-order valence-electron chi connectivity index (χ4n) is 5.48. The van der Waals surface area contributed by atoms with Crippen molar-refractivity contribution in [3.8, 4) is 0 Å². The van der Waals surface area contributed by atoms with Crippen LogP contribution in [-0.4, -0.2) is 11.6 Å². The minimum Gasteiger partial charge on any atom is -0.358 e. The number of hydrogen-bond acceptors (Lipinski definition) is 3. The lowest BCUT2D eigenvalue weighted by Gasteiger charge is -2.35. The maximum atomic E-state index is 14.0. The Balaban J connectivity index is 1.71. The number of benzene rings is 3. The molecule has 3 heteroatoms. The first-order valence-corrected chi connectivity index (χ1v) is 11.7. The van der Waals surface area contributed by atoms with Gasteiger partial charge in [-0.1, -0.05) is 92.7 Å². The van der Waals surface area contributed by atoms with E-state index in [-0.39, 0.29) is 22.9 Å². The molecule has 1 aliphatic heterocycles. The molecule has 2 aliphatic rings. The Morgan fingerprint density at radius 2 is 1.52 bits per heavy atom. The molecule has 1 N–H and O–H groups in total. The van der Waals surface area contributed by atoms with Crippen LogP contribution in [0.25, 0.3) is 0 Å². The van der Waals surface area contributed by atoms with Gasteiger partial charge in [0.25, 0.3) is 0 Å². The second-order valence-corrected chi connectivity index (χ2v) is 10.0. The molecule has 3 aromatic rings. The average Bonchev–Trinajstić information content (AvgIpc) is 2.94. The molecule has 1 heterocycles. The Bertz CT molecular complexity index is 1220.